The second-order valence-corrected chi connectivity index (χ2v) is 5.62. The van der Waals surface area contributed by atoms with Crippen LogP contribution in [0.15, 0.2) is 67.3 Å². The summed E-state index contributed by atoms with van der Waals surface area (Å²) in [6.45, 7) is 0.745. The first kappa shape index (κ1) is 17.2. The molecule has 0 radical (unpaired) electrons. The van der Waals surface area contributed by atoms with Crippen LogP contribution in [-0.4, -0.2) is 32.2 Å². The molecular weight excluding hydrogens is 328 g/mol. The van der Waals surface area contributed by atoms with Crippen LogP contribution in [0.2, 0.25) is 0 Å². The van der Waals surface area contributed by atoms with Gasteiger partial charge in [-0.05, 0) is 42.0 Å². The number of urea groups is 1. The Labute approximate surface area is 151 Å². The van der Waals surface area contributed by atoms with Crippen LogP contribution in [0.25, 0.3) is 5.69 Å². The molecule has 2 amide bonds. The Kier molecular flexibility index (Phi) is 5.58. The van der Waals surface area contributed by atoms with Crippen LogP contribution < -0.4 is 5.32 Å². The largest absolute Gasteiger partial charge is 0.322 e. The first-order valence-corrected chi connectivity index (χ1v) is 8.18. The number of carbonyl (C=O) groups is 1. The van der Waals surface area contributed by atoms with E-state index in [9.17, 15) is 4.79 Å². The molecule has 0 saturated heterocycles. The van der Waals surface area contributed by atoms with Gasteiger partial charge in [-0.15, -0.1) is 0 Å². The Morgan fingerprint density at radius 1 is 1.19 bits per heavy atom. The summed E-state index contributed by atoms with van der Waals surface area (Å²) in [4.78, 5) is 18.3. The lowest BCUT2D eigenvalue weighted by Gasteiger charge is -2.22. The maximum Gasteiger partial charge on any atom is 0.322 e. The highest BCUT2D eigenvalue weighted by molar-refractivity contribution is 5.89. The van der Waals surface area contributed by atoms with Gasteiger partial charge in [-0.1, -0.05) is 6.07 Å². The summed E-state index contributed by atoms with van der Waals surface area (Å²) in [5.74, 6) is 0. The highest BCUT2D eigenvalue weighted by Gasteiger charge is 2.14. The third kappa shape index (κ3) is 4.45. The van der Waals surface area contributed by atoms with E-state index >= 15 is 0 Å². The third-order valence-corrected chi connectivity index (χ3v) is 3.76. The van der Waals surface area contributed by atoms with Crippen LogP contribution in [0.1, 0.15) is 12.0 Å². The van der Waals surface area contributed by atoms with Crippen molar-refractivity contribution in [2.75, 3.05) is 11.9 Å². The number of hydrogen-bond donors (Lipinski definition) is 1. The molecule has 0 fully saturated rings. The molecule has 7 heteroatoms. The molecule has 0 aliphatic rings. The summed E-state index contributed by atoms with van der Waals surface area (Å²) in [7, 11) is 0. The maximum absolute atomic E-state index is 12.6. The number of nitrogens with one attached hydrogen (secondary N) is 1. The van der Waals surface area contributed by atoms with Crippen LogP contribution in [-0.2, 0) is 6.54 Å². The van der Waals surface area contributed by atoms with Crippen LogP contribution in [0.5, 0.6) is 0 Å². The van der Waals surface area contributed by atoms with E-state index in [0.29, 0.717) is 18.8 Å². The molecule has 0 bridgehead atoms. The van der Waals surface area contributed by atoms with E-state index < -0.39 is 0 Å². The fraction of sp³-hybridized carbons (Fsp3) is 0.158. The van der Waals surface area contributed by atoms with Gasteiger partial charge in [-0.2, -0.15) is 10.4 Å². The van der Waals surface area contributed by atoms with Gasteiger partial charge in [0.2, 0.25) is 0 Å². The van der Waals surface area contributed by atoms with Gasteiger partial charge in [0, 0.05) is 43.6 Å². The summed E-state index contributed by atoms with van der Waals surface area (Å²) >= 11 is 0. The van der Waals surface area contributed by atoms with E-state index in [4.69, 9.17) is 5.26 Å². The number of pyridine rings is 1. The first-order valence-electron chi connectivity index (χ1n) is 8.18. The van der Waals surface area contributed by atoms with Gasteiger partial charge >= 0.3 is 6.03 Å². The predicted octanol–water partition coefficient (Wildman–Crippen LogP) is 3.22. The van der Waals surface area contributed by atoms with Gasteiger partial charge in [0.05, 0.1) is 18.2 Å². The average Bonchev–Trinajstić information content (AvgIpc) is 3.21. The monoisotopic (exact) mass is 346 g/mol. The molecule has 0 aliphatic heterocycles. The highest BCUT2D eigenvalue weighted by atomic mass is 16.2. The number of benzene rings is 1. The van der Waals surface area contributed by atoms with Gasteiger partial charge in [-0.25, -0.2) is 9.48 Å². The standard InChI is InChI=1S/C19H18N6O/c20-9-2-12-24(15-16-4-1-10-21-14-16)19(26)23-17-5-7-18(8-6-17)25-13-3-11-22-25/h1,3-8,10-11,13-14H,2,12,15H2,(H,23,26). The van der Waals surface area contributed by atoms with Gasteiger partial charge in [0.1, 0.15) is 0 Å². The molecule has 130 valence electrons. The van der Waals surface area contributed by atoms with Gasteiger partial charge in [0.25, 0.3) is 0 Å². The lowest BCUT2D eigenvalue weighted by Crippen LogP contribution is -2.35. The Morgan fingerprint density at radius 3 is 2.69 bits per heavy atom. The summed E-state index contributed by atoms with van der Waals surface area (Å²) < 4.78 is 1.74. The Bertz CT molecular complexity index is 869. The van der Waals surface area contributed by atoms with Crippen molar-refractivity contribution >= 4 is 11.7 Å². The van der Waals surface area contributed by atoms with Crippen LogP contribution in [0, 0.1) is 11.3 Å². The van der Waals surface area contributed by atoms with Crippen molar-refractivity contribution in [3.63, 3.8) is 0 Å². The lowest BCUT2D eigenvalue weighted by molar-refractivity contribution is 0.210. The zero-order valence-corrected chi connectivity index (χ0v) is 14.1. The molecule has 26 heavy (non-hydrogen) atoms. The maximum atomic E-state index is 12.6. The van der Waals surface area contributed by atoms with Crippen molar-refractivity contribution in [1.82, 2.24) is 19.7 Å². The van der Waals surface area contributed by atoms with Crippen molar-refractivity contribution in [2.45, 2.75) is 13.0 Å². The minimum absolute atomic E-state index is 0.254. The zero-order valence-electron chi connectivity index (χ0n) is 14.1. The van der Waals surface area contributed by atoms with Crippen LogP contribution in [0.4, 0.5) is 10.5 Å². The van der Waals surface area contributed by atoms with Gasteiger partial charge < -0.3 is 10.2 Å². The molecule has 3 rings (SSSR count). The molecule has 2 heterocycles. The van der Waals surface area contributed by atoms with Crippen molar-refractivity contribution in [3.8, 4) is 11.8 Å². The number of amides is 2. The first-order chi connectivity index (χ1) is 12.8. The Balaban J connectivity index is 1.67. The van der Waals surface area contributed by atoms with Crippen LogP contribution in [0.3, 0.4) is 0 Å². The van der Waals surface area contributed by atoms with Crippen molar-refractivity contribution < 1.29 is 4.79 Å². The molecule has 3 aromatic rings. The molecule has 2 aromatic heterocycles. The average molecular weight is 346 g/mol. The van der Waals surface area contributed by atoms with Crippen molar-refractivity contribution in [2.24, 2.45) is 0 Å². The van der Waals surface area contributed by atoms with Crippen molar-refractivity contribution in [3.05, 3.63) is 72.8 Å². The number of nitrogens with zero attached hydrogens (tertiary/aromatic N) is 5. The summed E-state index contributed by atoms with van der Waals surface area (Å²) in [5.41, 5.74) is 2.50. The quantitative estimate of drug-likeness (QED) is 0.742. The number of hydrogen-bond acceptors (Lipinski definition) is 4. The fourth-order valence-electron chi connectivity index (χ4n) is 2.47. The molecule has 7 nitrogen and oxygen atoms in total. The zero-order chi connectivity index (χ0) is 18.2. The smallest absolute Gasteiger partial charge is 0.319 e. The van der Waals surface area contributed by atoms with E-state index in [1.165, 1.54) is 0 Å². The number of aromatic nitrogens is 3. The normalized spacial score (nSPS) is 10.1. The summed E-state index contributed by atoms with van der Waals surface area (Å²) in [6.07, 6.45) is 7.23. The number of rotatable bonds is 6. The van der Waals surface area contributed by atoms with E-state index in [1.807, 2.05) is 48.7 Å². The van der Waals surface area contributed by atoms with Crippen molar-refractivity contribution in [1.29, 1.82) is 5.26 Å². The lowest BCUT2D eigenvalue weighted by atomic mass is 10.2. The fourth-order valence-corrected chi connectivity index (χ4v) is 2.47. The molecule has 0 saturated carbocycles. The predicted molar refractivity (Wildman–Crippen MR) is 97.5 cm³/mol. The third-order valence-electron chi connectivity index (χ3n) is 3.76. The van der Waals surface area contributed by atoms with E-state index in [-0.39, 0.29) is 12.5 Å². The van der Waals surface area contributed by atoms with Crippen LogP contribution >= 0.6 is 0 Å². The highest BCUT2D eigenvalue weighted by Crippen LogP contribution is 2.14. The van der Waals surface area contributed by atoms with Gasteiger partial charge in [-0.3, -0.25) is 4.98 Å². The number of nitriles is 1. The second kappa shape index (κ2) is 8.44. The second-order valence-electron chi connectivity index (χ2n) is 5.62. The Morgan fingerprint density at radius 2 is 2.04 bits per heavy atom. The molecule has 0 spiro atoms. The molecular formula is C19H18N6O. The topological polar surface area (TPSA) is 86.8 Å². The molecule has 0 aliphatic carbocycles. The molecule has 1 N–H and O–H groups in total. The summed E-state index contributed by atoms with van der Waals surface area (Å²) in [5, 5.41) is 15.9. The van der Waals surface area contributed by atoms with E-state index in [0.717, 1.165) is 11.3 Å². The minimum atomic E-state index is -0.254. The van der Waals surface area contributed by atoms with Gasteiger partial charge in [0.15, 0.2) is 0 Å². The van der Waals surface area contributed by atoms with E-state index in [1.54, 1.807) is 28.2 Å². The van der Waals surface area contributed by atoms with E-state index in [2.05, 4.69) is 21.5 Å². The number of carbonyl (C=O) groups excluding carboxylic acids is 1. The number of anilines is 1. The SMILES string of the molecule is N#CCCN(Cc1cccnc1)C(=O)Nc1ccc(-n2cccn2)cc1. The molecule has 0 atom stereocenters. The Hall–Kier alpha value is -3.66. The summed E-state index contributed by atoms with van der Waals surface area (Å²) in [6, 6.07) is 14.8. The molecule has 0 unspecified atom stereocenters. The minimum Gasteiger partial charge on any atom is -0.319 e. The molecule has 1 aromatic carbocycles.